The number of Topliss-reactive ketones (excluding diaryl/α,β-unsaturated/α-hetero) is 1. The summed E-state index contributed by atoms with van der Waals surface area (Å²) in [5.41, 5.74) is 3.10. The molecule has 2 aliphatic heterocycles. The number of rotatable bonds is 6. The maximum Gasteiger partial charge on any atom is 0.389 e. The highest BCUT2D eigenvalue weighted by Gasteiger charge is 2.52. The van der Waals surface area contributed by atoms with E-state index in [4.69, 9.17) is 0 Å². The summed E-state index contributed by atoms with van der Waals surface area (Å²) in [5, 5.41) is 0. The van der Waals surface area contributed by atoms with Crippen molar-refractivity contribution in [3.05, 3.63) is 65.2 Å². The minimum absolute atomic E-state index is 0.151. The van der Waals surface area contributed by atoms with Crippen molar-refractivity contribution in [1.29, 1.82) is 0 Å². The van der Waals surface area contributed by atoms with Gasteiger partial charge in [0.05, 0.1) is 18.4 Å². The van der Waals surface area contributed by atoms with Crippen LogP contribution >= 0.6 is 0 Å². The maximum atomic E-state index is 13.6. The zero-order valence-corrected chi connectivity index (χ0v) is 18.1. The molecule has 2 aromatic carbocycles. The average Bonchev–Trinajstić information content (AvgIpc) is 2.98. The van der Waals surface area contributed by atoms with Crippen LogP contribution in [0.1, 0.15) is 42.4 Å². The first kappa shape index (κ1) is 22.5. The molecule has 0 N–H and O–H groups in total. The molecule has 2 heterocycles. The lowest BCUT2D eigenvalue weighted by atomic mass is 9.72. The third kappa shape index (κ3) is 4.44. The molecule has 0 aromatic heterocycles. The number of fused-ring (bicyclic) bond motifs is 2. The second-order valence-electron chi connectivity index (χ2n) is 8.86. The fourth-order valence-corrected chi connectivity index (χ4v) is 5.07. The largest absolute Gasteiger partial charge is 0.389 e. The van der Waals surface area contributed by atoms with Gasteiger partial charge in [-0.1, -0.05) is 42.5 Å². The van der Waals surface area contributed by atoms with E-state index in [1.165, 1.54) is 10.5 Å². The van der Waals surface area contributed by atoms with Gasteiger partial charge in [0, 0.05) is 18.7 Å². The van der Waals surface area contributed by atoms with Gasteiger partial charge in [-0.25, -0.2) is 0 Å². The standard InChI is InChI=1S/C25H27F3N2O2/c1-18-6-5-9-21-22(18)24(23(32)30(21)17-20(31)10-11-25(26,27)28)12-14-29(15-13-24)16-19-7-3-2-4-8-19/h2-9H,10-17H2,1H3. The topological polar surface area (TPSA) is 40.6 Å². The van der Waals surface area contributed by atoms with Crippen LogP contribution in [0.3, 0.4) is 0 Å². The summed E-state index contributed by atoms with van der Waals surface area (Å²) in [6.45, 7) is 3.94. The van der Waals surface area contributed by atoms with E-state index in [2.05, 4.69) is 17.0 Å². The van der Waals surface area contributed by atoms with E-state index >= 15 is 0 Å². The van der Waals surface area contributed by atoms with E-state index < -0.39 is 30.2 Å². The molecule has 0 unspecified atom stereocenters. The Bertz CT molecular complexity index is 996. The van der Waals surface area contributed by atoms with Gasteiger partial charge < -0.3 is 4.90 Å². The Balaban J connectivity index is 1.52. The average molecular weight is 444 g/mol. The highest BCUT2D eigenvalue weighted by Crippen LogP contribution is 2.49. The normalized spacial score (nSPS) is 18.2. The summed E-state index contributed by atoms with van der Waals surface area (Å²) >= 11 is 0. The molecule has 0 atom stereocenters. The molecule has 170 valence electrons. The van der Waals surface area contributed by atoms with Crippen molar-refractivity contribution in [1.82, 2.24) is 4.90 Å². The van der Waals surface area contributed by atoms with Crippen molar-refractivity contribution in [2.75, 3.05) is 24.5 Å². The molecular formula is C25H27F3N2O2. The van der Waals surface area contributed by atoms with Gasteiger partial charge in [-0.2, -0.15) is 13.2 Å². The SMILES string of the molecule is Cc1cccc2c1C1(CCN(Cc3ccccc3)CC1)C(=O)N2CC(=O)CCC(F)(F)F. The molecule has 4 rings (SSSR count). The number of benzene rings is 2. The Morgan fingerprint density at radius 3 is 2.38 bits per heavy atom. The van der Waals surface area contributed by atoms with E-state index in [0.29, 0.717) is 18.5 Å². The van der Waals surface area contributed by atoms with Crippen LogP contribution in [-0.2, 0) is 21.5 Å². The molecule has 1 fully saturated rings. The third-order valence-electron chi connectivity index (χ3n) is 6.66. The molecule has 1 saturated heterocycles. The molecule has 0 saturated carbocycles. The van der Waals surface area contributed by atoms with Gasteiger partial charge in [0.15, 0.2) is 5.78 Å². The lowest BCUT2D eigenvalue weighted by Gasteiger charge is -2.39. The van der Waals surface area contributed by atoms with Crippen molar-refractivity contribution < 1.29 is 22.8 Å². The molecule has 0 aliphatic carbocycles. The van der Waals surface area contributed by atoms with E-state index in [0.717, 1.165) is 30.8 Å². The van der Waals surface area contributed by atoms with Crippen molar-refractivity contribution in [3.63, 3.8) is 0 Å². The molecule has 1 spiro atoms. The van der Waals surface area contributed by atoms with Gasteiger partial charge in [0.1, 0.15) is 0 Å². The number of anilines is 1. The van der Waals surface area contributed by atoms with Crippen LogP contribution in [0.2, 0.25) is 0 Å². The van der Waals surface area contributed by atoms with Crippen LogP contribution in [0.25, 0.3) is 0 Å². The van der Waals surface area contributed by atoms with Gasteiger partial charge in [-0.3, -0.25) is 14.5 Å². The number of ketones is 1. The number of piperidine rings is 1. The van der Waals surface area contributed by atoms with Crippen molar-refractivity contribution in [2.24, 2.45) is 0 Å². The second kappa shape index (κ2) is 8.70. The fraction of sp³-hybridized carbons (Fsp3) is 0.440. The molecule has 7 heteroatoms. The van der Waals surface area contributed by atoms with E-state index in [1.54, 1.807) is 0 Å². The smallest absolute Gasteiger partial charge is 0.304 e. The summed E-state index contributed by atoms with van der Waals surface area (Å²) in [6.07, 6.45) is -4.89. The molecule has 32 heavy (non-hydrogen) atoms. The Morgan fingerprint density at radius 2 is 1.72 bits per heavy atom. The predicted molar refractivity (Wildman–Crippen MR) is 116 cm³/mol. The van der Waals surface area contributed by atoms with Crippen LogP contribution in [0.15, 0.2) is 48.5 Å². The van der Waals surface area contributed by atoms with Gasteiger partial charge in [0.25, 0.3) is 0 Å². The summed E-state index contributed by atoms with van der Waals surface area (Å²) in [4.78, 5) is 29.7. The zero-order valence-electron chi connectivity index (χ0n) is 18.1. The highest BCUT2D eigenvalue weighted by molar-refractivity contribution is 6.11. The highest BCUT2D eigenvalue weighted by atomic mass is 19.4. The van der Waals surface area contributed by atoms with Crippen LogP contribution in [0.5, 0.6) is 0 Å². The first-order chi connectivity index (χ1) is 15.2. The monoisotopic (exact) mass is 444 g/mol. The lowest BCUT2D eigenvalue weighted by molar-refractivity contribution is -0.142. The Kier molecular flexibility index (Phi) is 6.12. The summed E-state index contributed by atoms with van der Waals surface area (Å²) in [7, 11) is 0. The van der Waals surface area contributed by atoms with E-state index in [-0.39, 0.29) is 12.5 Å². The number of likely N-dealkylation sites (tertiary alicyclic amines) is 1. The Hall–Kier alpha value is -2.67. The second-order valence-corrected chi connectivity index (χ2v) is 8.86. The third-order valence-corrected chi connectivity index (χ3v) is 6.66. The number of halogens is 3. The minimum Gasteiger partial charge on any atom is -0.304 e. The molecule has 4 nitrogen and oxygen atoms in total. The van der Waals surface area contributed by atoms with Crippen LogP contribution in [-0.4, -0.2) is 42.4 Å². The van der Waals surface area contributed by atoms with Crippen LogP contribution in [0, 0.1) is 6.92 Å². The summed E-state index contributed by atoms with van der Waals surface area (Å²) in [5.74, 6) is -0.719. The van der Waals surface area contributed by atoms with Gasteiger partial charge in [0.2, 0.25) is 5.91 Å². The number of carbonyl (C=O) groups is 2. The molecule has 2 aromatic rings. The van der Waals surface area contributed by atoms with Crippen molar-refractivity contribution in [3.8, 4) is 0 Å². The molecule has 0 radical (unpaired) electrons. The molecule has 1 amide bonds. The maximum absolute atomic E-state index is 13.6. The number of amides is 1. The number of hydrogen-bond acceptors (Lipinski definition) is 3. The van der Waals surface area contributed by atoms with Crippen LogP contribution < -0.4 is 4.90 Å². The van der Waals surface area contributed by atoms with Gasteiger partial charge in [-0.05, 0) is 55.6 Å². The molecule has 0 bridgehead atoms. The first-order valence-corrected chi connectivity index (χ1v) is 11.0. The Morgan fingerprint density at radius 1 is 1.03 bits per heavy atom. The lowest BCUT2D eigenvalue weighted by Crippen LogP contribution is -2.49. The van der Waals surface area contributed by atoms with Crippen LogP contribution in [0.4, 0.5) is 18.9 Å². The number of hydrogen-bond donors (Lipinski definition) is 0. The van der Waals surface area contributed by atoms with E-state index in [9.17, 15) is 22.8 Å². The molecular weight excluding hydrogens is 417 g/mol. The first-order valence-electron chi connectivity index (χ1n) is 11.0. The van der Waals surface area contributed by atoms with Gasteiger partial charge >= 0.3 is 6.18 Å². The summed E-state index contributed by atoms with van der Waals surface area (Å²) in [6, 6.07) is 15.8. The van der Waals surface area contributed by atoms with Gasteiger partial charge in [-0.15, -0.1) is 0 Å². The van der Waals surface area contributed by atoms with Crippen molar-refractivity contribution >= 4 is 17.4 Å². The number of nitrogens with zero attached hydrogens (tertiary/aromatic N) is 2. The zero-order chi connectivity index (χ0) is 22.9. The predicted octanol–water partition coefficient (Wildman–Crippen LogP) is 4.79. The van der Waals surface area contributed by atoms with Crippen molar-refractivity contribution in [2.45, 2.75) is 50.7 Å². The fourth-order valence-electron chi connectivity index (χ4n) is 5.07. The Labute approximate surface area is 186 Å². The number of aryl methyl sites for hydroxylation is 1. The molecule has 2 aliphatic rings. The summed E-state index contributed by atoms with van der Waals surface area (Å²) < 4.78 is 37.6. The van der Waals surface area contributed by atoms with E-state index in [1.807, 2.05) is 43.3 Å². The minimum atomic E-state index is -4.38. The number of carbonyl (C=O) groups excluding carboxylic acids is 2. The quantitative estimate of drug-likeness (QED) is 0.644. The number of alkyl halides is 3.